The van der Waals surface area contributed by atoms with Crippen LogP contribution in [0, 0.1) is 11.8 Å². The molecule has 1 saturated carbocycles. The summed E-state index contributed by atoms with van der Waals surface area (Å²) in [6, 6.07) is 4.97. The Kier molecular flexibility index (Phi) is 4.46. The largest absolute Gasteiger partial charge is 0.481 e. The molecule has 3 atom stereocenters. The predicted octanol–water partition coefficient (Wildman–Crippen LogP) is 2.43. The van der Waals surface area contributed by atoms with E-state index in [2.05, 4.69) is 0 Å². The second-order valence-electron chi connectivity index (χ2n) is 5.41. The fraction of sp³-hybridized carbons (Fsp3) is 0.429. The van der Waals surface area contributed by atoms with Crippen molar-refractivity contribution >= 4 is 35.1 Å². The molecule has 1 aromatic carbocycles. The molecule has 114 valence electrons. The number of benzene rings is 1. The van der Waals surface area contributed by atoms with Crippen LogP contribution in [0.2, 0.25) is 10.0 Å². The second kappa shape index (κ2) is 5.83. The van der Waals surface area contributed by atoms with Crippen LogP contribution in [0.15, 0.2) is 18.2 Å². The van der Waals surface area contributed by atoms with Crippen LogP contribution in [-0.2, 0) is 16.0 Å². The smallest absolute Gasteiger partial charge is 0.324 e. The van der Waals surface area contributed by atoms with E-state index >= 15 is 0 Å². The average molecular weight is 332 g/mol. The molecule has 1 unspecified atom stereocenters. The third-order valence-electron chi connectivity index (χ3n) is 3.92. The van der Waals surface area contributed by atoms with Gasteiger partial charge >= 0.3 is 11.9 Å². The molecular weight excluding hydrogens is 317 g/mol. The Balaban J connectivity index is 2.11. The van der Waals surface area contributed by atoms with Crippen LogP contribution < -0.4 is 5.73 Å². The van der Waals surface area contributed by atoms with Gasteiger partial charge in [-0.15, -0.1) is 0 Å². The molecule has 0 amide bonds. The van der Waals surface area contributed by atoms with Crippen LogP contribution in [0.3, 0.4) is 0 Å². The fourth-order valence-corrected chi connectivity index (χ4v) is 3.17. The molecule has 0 heterocycles. The zero-order valence-electron chi connectivity index (χ0n) is 11.1. The van der Waals surface area contributed by atoms with Crippen LogP contribution in [-0.4, -0.2) is 27.7 Å². The molecule has 0 aromatic heterocycles. The summed E-state index contributed by atoms with van der Waals surface area (Å²) in [5.74, 6) is -3.39. The van der Waals surface area contributed by atoms with Gasteiger partial charge in [-0.05, 0) is 43.0 Å². The van der Waals surface area contributed by atoms with Gasteiger partial charge in [-0.2, -0.15) is 0 Å². The maximum absolute atomic E-state index is 11.5. The van der Waals surface area contributed by atoms with Crippen molar-refractivity contribution < 1.29 is 19.8 Å². The number of carboxylic acids is 2. The van der Waals surface area contributed by atoms with E-state index in [9.17, 15) is 14.7 Å². The van der Waals surface area contributed by atoms with Crippen molar-refractivity contribution in [3.63, 3.8) is 0 Å². The molecule has 7 heteroatoms. The molecule has 1 aliphatic rings. The molecule has 0 spiro atoms. The number of halogens is 2. The van der Waals surface area contributed by atoms with Gasteiger partial charge in [-0.25, -0.2) is 0 Å². The Morgan fingerprint density at radius 1 is 1.24 bits per heavy atom. The van der Waals surface area contributed by atoms with E-state index in [1.54, 1.807) is 18.2 Å². The highest BCUT2D eigenvalue weighted by molar-refractivity contribution is 6.34. The summed E-state index contributed by atoms with van der Waals surface area (Å²) in [5.41, 5.74) is 5.20. The van der Waals surface area contributed by atoms with E-state index in [0.717, 1.165) is 5.56 Å². The molecule has 0 aliphatic heterocycles. The molecule has 2 rings (SSSR count). The van der Waals surface area contributed by atoms with Gasteiger partial charge in [-0.3, -0.25) is 9.59 Å². The first-order chi connectivity index (χ1) is 9.74. The maximum atomic E-state index is 11.5. The summed E-state index contributed by atoms with van der Waals surface area (Å²) in [6.07, 6.45) is 0.799. The van der Waals surface area contributed by atoms with E-state index in [1.807, 2.05) is 0 Å². The summed E-state index contributed by atoms with van der Waals surface area (Å²) >= 11 is 11.8. The average Bonchev–Trinajstić information content (AvgIpc) is 3.15. The molecule has 5 nitrogen and oxygen atoms in total. The Morgan fingerprint density at radius 2 is 1.81 bits per heavy atom. The first kappa shape index (κ1) is 16.1. The Labute approximate surface area is 131 Å². The lowest BCUT2D eigenvalue weighted by Gasteiger charge is -2.25. The first-order valence-corrected chi connectivity index (χ1v) is 7.19. The highest BCUT2D eigenvalue weighted by atomic mass is 35.5. The monoisotopic (exact) mass is 331 g/mol. The minimum absolute atomic E-state index is 0.132. The molecule has 0 saturated heterocycles. The number of hydrogen-bond acceptors (Lipinski definition) is 3. The van der Waals surface area contributed by atoms with Crippen molar-refractivity contribution in [3.05, 3.63) is 33.8 Å². The van der Waals surface area contributed by atoms with Gasteiger partial charge in [0, 0.05) is 16.0 Å². The van der Waals surface area contributed by atoms with Gasteiger partial charge in [0.2, 0.25) is 0 Å². The predicted molar refractivity (Wildman–Crippen MR) is 78.6 cm³/mol. The zero-order chi connectivity index (χ0) is 15.8. The Morgan fingerprint density at radius 3 is 2.24 bits per heavy atom. The summed E-state index contributed by atoms with van der Waals surface area (Å²) in [7, 11) is 0. The highest BCUT2D eigenvalue weighted by Crippen LogP contribution is 2.47. The van der Waals surface area contributed by atoms with Gasteiger partial charge in [-0.1, -0.05) is 23.2 Å². The lowest BCUT2D eigenvalue weighted by molar-refractivity contribution is -0.145. The maximum Gasteiger partial charge on any atom is 0.324 e. The minimum Gasteiger partial charge on any atom is -0.481 e. The third-order valence-corrected chi connectivity index (χ3v) is 4.35. The van der Waals surface area contributed by atoms with E-state index in [4.69, 9.17) is 34.0 Å². The SMILES string of the molecule is N[C@@](CCc1cc(Cl)cc(Cl)c1)(C(=O)O)C1C[C@@H]1C(=O)O. The quantitative estimate of drug-likeness (QED) is 0.743. The zero-order valence-corrected chi connectivity index (χ0v) is 12.6. The fourth-order valence-electron chi connectivity index (χ4n) is 2.59. The molecule has 21 heavy (non-hydrogen) atoms. The van der Waals surface area contributed by atoms with Crippen molar-refractivity contribution in [1.29, 1.82) is 0 Å². The van der Waals surface area contributed by atoms with Crippen molar-refractivity contribution in [2.24, 2.45) is 17.6 Å². The molecule has 0 bridgehead atoms. The second-order valence-corrected chi connectivity index (χ2v) is 6.28. The van der Waals surface area contributed by atoms with E-state index in [-0.39, 0.29) is 6.42 Å². The standard InChI is InChI=1S/C14H15Cl2NO4/c15-8-3-7(4-9(16)5-8)1-2-14(17,13(20)21)11-6-10(11)12(18)19/h3-5,10-11H,1-2,6,17H2,(H,18,19)(H,20,21)/t10-,11?,14+/m0/s1. The lowest BCUT2D eigenvalue weighted by atomic mass is 9.86. The van der Waals surface area contributed by atoms with Crippen molar-refractivity contribution in [1.82, 2.24) is 0 Å². The van der Waals surface area contributed by atoms with Crippen molar-refractivity contribution in [2.45, 2.75) is 24.8 Å². The van der Waals surface area contributed by atoms with Crippen LogP contribution in [0.25, 0.3) is 0 Å². The molecule has 1 fully saturated rings. The van der Waals surface area contributed by atoms with Crippen molar-refractivity contribution in [3.8, 4) is 0 Å². The number of carboxylic acid groups (broad SMARTS) is 2. The van der Waals surface area contributed by atoms with E-state index in [1.165, 1.54) is 0 Å². The number of rotatable bonds is 6. The third kappa shape index (κ3) is 3.48. The van der Waals surface area contributed by atoms with Crippen LogP contribution in [0.5, 0.6) is 0 Å². The first-order valence-electron chi connectivity index (χ1n) is 6.44. The summed E-state index contributed by atoms with van der Waals surface area (Å²) < 4.78 is 0. The van der Waals surface area contributed by atoms with Crippen LogP contribution >= 0.6 is 23.2 Å². The van der Waals surface area contributed by atoms with Gasteiger partial charge in [0.05, 0.1) is 5.92 Å². The normalized spacial score (nSPS) is 23.4. The molecule has 1 aromatic rings. The summed E-state index contributed by atoms with van der Waals surface area (Å²) in [4.78, 5) is 22.4. The Bertz CT molecular complexity index is 572. The van der Waals surface area contributed by atoms with Gasteiger partial charge < -0.3 is 15.9 Å². The molecule has 1 aliphatic carbocycles. The lowest BCUT2D eigenvalue weighted by Crippen LogP contribution is -2.51. The van der Waals surface area contributed by atoms with E-state index in [0.29, 0.717) is 22.9 Å². The van der Waals surface area contributed by atoms with Crippen LogP contribution in [0.4, 0.5) is 0 Å². The minimum atomic E-state index is -1.54. The summed E-state index contributed by atoms with van der Waals surface area (Å²) in [6.45, 7) is 0. The van der Waals surface area contributed by atoms with Crippen LogP contribution in [0.1, 0.15) is 18.4 Å². The number of nitrogens with two attached hydrogens (primary N) is 1. The summed E-state index contributed by atoms with van der Waals surface area (Å²) in [5, 5.41) is 19.2. The molecule has 4 N–H and O–H groups in total. The number of aryl methyl sites for hydroxylation is 1. The van der Waals surface area contributed by atoms with Gasteiger partial charge in [0.1, 0.15) is 5.54 Å². The topological polar surface area (TPSA) is 101 Å². The number of hydrogen-bond donors (Lipinski definition) is 3. The molecule has 0 radical (unpaired) electrons. The molecular formula is C14H15Cl2NO4. The number of aliphatic carboxylic acids is 2. The van der Waals surface area contributed by atoms with Gasteiger partial charge in [0.25, 0.3) is 0 Å². The van der Waals surface area contributed by atoms with Gasteiger partial charge in [0.15, 0.2) is 0 Å². The number of carbonyl (C=O) groups is 2. The highest BCUT2D eigenvalue weighted by Gasteiger charge is 2.57. The van der Waals surface area contributed by atoms with Crippen molar-refractivity contribution in [2.75, 3.05) is 0 Å². The van der Waals surface area contributed by atoms with E-state index < -0.39 is 29.3 Å². The Hall–Kier alpha value is -1.30.